The molecule has 0 aliphatic carbocycles. The molecule has 0 aromatic heterocycles. The number of hydrogen-bond donors (Lipinski definition) is 4. The van der Waals surface area contributed by atoms with E-state index in [4.69, 9.17) is 10.8 Å². The number of carbonyl (C=O) groups is 2. The lowest BCUT2D eigenvalue weighted by Crippen LogP contribution is -2.49. The van der Waals surface area contributed by atoms with Crippen molar-refractivity contribution >= 4 is 22.7 Å². The first kappa shape index (κ1) is 18.1. The minimum absolute atomic E-state index is 0.0795. The third kappa shape index (κ3) is 6.23. The summed E-state index contributed by atoms with van der Waals surface area (Å²) < 4.78 is 11.0. The number of carboxylic acids is 1. The van der Waals surface area contributed by atoms with E-state index in [2.05, 4.69) is 5.32 Å². The predicted molar refractivity (Wildman–Crippen MR) is 82.9 cm³/mol. The number of nitrogens with one attached hydrogen (secondary N) is 1. The predicted octanol–water partition coefficient (Wildman–Crippen LogP) is -0.400. The van der Waals surface area contributed by atoms with Crippen LogP contribution in [-0.4, -0.2) is 50.4 Å². The fraction of sp³-hybridized carbons (Fsp3) is 0.429. The molecule has 1 unspecified atom stereocenters. The number of phenolic OH excluding ortho intramolecular Hbond substituents is 1. The summed E-state index contributed by atoms with van der Waals surface area (Å²) in [6.45, 7) is 0. The molecule has 1 aromatic rings. The van der Waals surface area contributed by atoms with E-state index < -0.39 is 34.8 Å². The van der Waals surface area contributed by atoms with Crippen LogP contribution >= 0.6 is 0 Å². The third-order valence-corrected chi connectivity index (χ3v) is 3.85. The average molecular weight is 328 g/mol. The molecule has 0 aliphatic rings. The fourth-order valence-electron chi connectivity index (χ4n) is 1.80. The molecule has 0 spiro atoms. The van der Waals surface area contributed by atoms with Gasteiger partial charge in [-0.15, -0.1) is 0 Å². The van der Waals surface area contributed by atoms with Gasteiger partial charge in [-0.25, -0.2) is 4.79 Å². The minimum atomic E-state index is -1.18. The van der Waals surface area contributed by atoms with E-state index >= 15 is 0 Å². The van der Waals surface area contributed by atoms with Gasteiger partial charge in [-0.3, -0.25) is 9.00 Å². The zero-order valence-electron chi connectivity index (χ0n) is 12.2. The van der Waals surface area contributed by atoms with Crippen LogP contribution in [0.25, 0.3) is 0 Å². The lowest BCUT2D eigenvalue weighted by Gasteiger charge is -2.17. The maximum atomic E-state index is 11.9. The second-order valence-electron chi connectivity index (χ2n) is 4.94. The quantitative estimate of drug-likeness (QED) is 0.514. The number of rotatable bonds is 8. The number of benzene rings is 1. The Labute approximate surface area is 131 Å². The number of phenols is 1. The van der Waals surface area contributed by atoms with Crippen molar-refractivity contribution < 1.29 is 24.0 Å². The van der Waals surface area contributed by atoms with E-state index in [0.717, 1.165) is 5.56 Å². The van der Waals surface area contributed by atoms with Crippen molar-refractivity contribution in [3.05, 3.63) is 29.8 Å². The first-order valence-electron chi connectivity index (χ1n) is 6.66. The van der Waals surface area contributed by atoms with Crippen molar-refractivity contribution in [2.45, 2.75) is 24.9 Å². The highest BCUT2D eigenvalue weighted by Gasteiger charge is 2.23. The molecule has 22 heavy (non-hydrogen) atoms. The number of aromatic hydroxyl groups is 1. The average Bonchev–Trinajstić information content (AvgIpc) is 2.44. The molecule has 0 saturated heterocycles. The summed E-state index contributed by atoms with van der Waals surface area (Å²) in [5.41, 5.74) is 6.52. The summed E-state index contributed by atoms with van der Waals surface area (Å²) in [5, 5.41) is 20.6. The molecule has 1 amide bonds. The van der Waals surface area contributed by atoms with Crippen LogP contribution in [0.4, 0.5) is 0 Å². The highest BCUT2D eigenvalue weighted by Crippen LogP contribution is 2.11. The summed E-state index contributed by atoms with van der Waals surface area (Å²) in [4.78, 5) is 23.0. The first-order valence-corrected chi connectivity index (χ1v) is 8.39. The first-order chi connectivity index (χ1) is 10.3. The molecule has 122 valence electrons. The number of aliphatic carboxylic acids is 1. The van der Waals surface area contributed by atoms with Crippen molar-refractivity contribution in [1.82, 2.24) is 5.32 Å². The Morgan fingerprint density at radius 2 is 1.91 bits per heavy atom. The third-order valence-electron chi connectivity index (χ3n) is 3.04. The van der Waals surface area contributed by atoms with Crippen molar-refractivity contribution in [2.75, 3.05) is 12.0 Å². The van der Waals surface area contributed by atoms with E-state index in [0.29, 0.717) is 0 Å². The number of carboxylic acid groups (broad SMARTS) is 1. The largest absolute Gasteiger partial charge is 0.508 e. The van der Waals surface area contributed by atoms with Gasteiger partial charge in [-0.2, -0.15) is 0 Å². The van der Waals surface area contributed by atoms with Gasteiger partial charge in [0.15, 0.2) is 0 Å². The van der Waals surface area contributed by atoms with E-state index in [1.165, 1.54) is 18.4 Å². The maximum Gasteiger partial charge on any atom is 0.326 e. The Morgan fingerprint density at radius 1 is 1.32 bits per heavy atom. The molecule has 0 fully saturated rings. The molecule has 3 atom stereocenters. The standard InChI is InChI=1S/C14H20N2O5S/c1-22(21)7-6-12(14(19)20)16-13(18)11(15)8-9-2-4-10(17)5-3-9/h2-5,11-12,17H,6-8,15H2,1H3,(H,16,18)(H,19,20)/t11-,12-,22?/m0/s1. The Hall–Kier alpha value is -1.93. The van der Waals surface area contributed by atoms with Gasteiger partial charge in [-0.1, -0.05) is 12.1 Å². The van der Waals surface area contributed by atoms with Crippen LogP contribution in [0, 0.1) is 0 Å². The summed E-state index contributed by atoms with van der Waals surface area (Å²) in [6.07, 6.45) is 1.77. The SMILES string of the molecule is CS(=O)CC[C@H](NC(=O)[C@@H](N)Cc1ccc(O)cc1)C(=O)O. The molecule has 1 aromatic carbocycles. The van der Waals surface area contributed by atoms with Crippen LogP contribution in [-0.2, 0) is 26.8 Å². The molecule has 1 rings (SSSR count). The second-order valence-corrected chi connectivity index (χ2v) is 6.50. The lowest BCUT2D eigenvalue weighted by atomic mass is 10.1. The van der Waals surface area contributed by atoms with Gasteiger partial charge in [0.1, 0.15) is 11.8 Å². The van der Waals surface area contributed by atoms with Crippen LogP contribution in [0.15, 0.2) is 24.3 Å². The molecule has 0 aliphatic heterocycles. The van der Waals surface area contributed by atoms with E-state index in [-0.39, 0.29) is 24.3 Å². The van der Waals surface area contributed by atoms with Crippen molar-refractivity contribution in [2.24, 2.45) is 5.73 Å². The van der Waals surface area contributed by atoms with Gasteiger partial charge in [0.25, 0.3) is 0 Å². The molecule has 8 heteroatoms. The Bertz CT molecular complexity index is 547. The van der Waals surface area contributed by atoms with Crippen LogP contribution in [0.3, 0.4) is 0 Å². The molecular weight excluding hydrogens is 308 g/mol. The smallest absolute Gasteiger partial charge is 0.326 e. The number of carbonyl (C=O) groups excluding carboxylic acids is 1. The van der Waals surface area contributed by atoms with Gasteiger partial charge in [0, 0.05) is 22.8 Å². The van der Waals surface area contributed by atoms with Crippen molar-refractivity contribution in [3.8, 4) is 5.75 Å². The molecule has 0 radical (unpaired) electrons. The normalized spacial score (nSPS) is 14.8. The summed E-state index contributed by atoms with van der Waals surface area (Å²) >= 11 is 0. The number of nitrogens with two attached hydrogens (primary N) is 1. The monoisotopic (exact) mass is 328 g/mol. The van der Waals surface area contributed by atoms with Crippen LogP contribution in [0.1, 0.15) is 12.0 Å². The van der Waals surface area contributed by atoms with Gasteiger partial charge in [0.2, 0.25) is 5.91 Å². The molecule has 0 heterocycles. The summed E-state index contributed by atoms with van der Waals surface area (Å²) in [6, 6.07) is 4.22. The minimum Gasteiger partial charge on any atom is -0.508 e. The van der Waals surface area contributed by atoms with Gasteiger partial charge in [0.05, 0.1) is 6.04 Å². The molecular formula is C14H20N2O5S. The van der Waals surface area contributed by atoms with E-state index in [1.807, 2.05) is 0 Å². The molecule has 5 N–H and O–H groups in total. The maximum absolute atomic E-state index is 11.9. The number of hydrogen-bond acceptors (Lipinski definition) is 5. The zero-order valence-corrected chi connectivity index (χ0v) is 13.0. The van der Waals surface area contributed by atoms with Crippen LogP contribution in [0.2, 0.25) is 0 Å². The Kier molecular flexibility index (Phi) is 7.00. The highest BCUT2D eigenvalue weighted by atomic mass is 32.2. The van der Waals surface area contributed by atoms with Crippen molar-refractivity contribution in [1.29, 1.82) is 0 Å². The van der Waals surface area contributed by atoms with Crippen LogP contribution < -0.4 is 11.1 Å². The van der Waals surface area contributed by atoms with Gasteiger partial charge in [-0.05, 0) is 30.5 Å². The van der Waals surface area contributed by atoms with E-state index in [9.17, 15) is 18.9 Å². The van der Waals surface area contributed by atoms with Crippen molar-refractivity contribution in [3.63, 3.8) is 0 Å². The number of amides is 1. The van der Waals surface area contributed by atoms with Crippen LogP contribution in [0.5, 0.6) is 5.75 Å². The lowest BCUT2D eigenvalue weighted by molar-refractivity contribution is -0.142. The van der Waals surface area contributed by atoms with Gasteiger partial charge < -0.3 is 21.3 Å². The summed E-state index contributed by atoms with van der Waals surface area (Å²) in [5.74, 6) is -1.47. The Balaban J connectivity index is 2.58. The topological polar surface area (TPSA) is 130 Å². The molecule has 0 bridgehead atoms. The molecule has 0 saturated carbocycles. The highest BCUT2D eigenvalue weighted by molar-refractivity contribution is 7.84. The summed E-state index contributed by atoms with van der Waals surface area (Å²) in [7, 11) is -1.13. The fourth-order valence-corrected chi connectivity index (χ4v) is 2.37. The van der Waals surface area contributed by atoms with Gasteiger partial charge >= 0.3 is 5.97 Å². The van der Waals surface area contributed by atoms with E-state index in [1.54, 1.807) is 12.1 Å². The second kappa shape index (κ2) is 8.50. The molecule has 7 nitrogen and oxygen atoms in total. The Morgan fingerprint density at radius 3 is 2.41 bits per heavy atom. The zero-order chi connectivity index (χ0) is 16.7.